The number of hydrogen-bond acceptors (Lipinski definition) is 2. The first-order valence-electron chi connectivity index (χ1n) is 6.62. The molecule has 2 N–H and O–H groups in total. The molecule has 0 aromatic heterocycles. The van der Waals surface area contributed by atoms with Crippen molar-refractivity contribution in [1.29, 1.82) is 0 Å². The van der Waals surface area contributed by atoms with E-state index in [0.717, 1.165) is 18.5 Å². The average molecular weight is 210 g/mol. The molecule has 2 aliphatic rings. The minimum atomic E-state index is 0.148. The van der Waals surface area contributed by atoms with Crippen molar-refractivity contribution in [2.75, 3.05) is 13.1 Å². The molecule has 88 valence electrons. The highest BCUT2D eigenvalue weighted by atomic mass is 15.2. The molecule has 0 radical (unpaired) electrons. The van der Waals surface area contributed by atoms with Crippen molar-refractivity contribution in [3.05, 3.63) is 0 Å². The van der Waals surface area contributed by atoms with Crippen molar-refractivity contribution in [3.63, 3.8) is 0 Å². The highest BCUT2D eigenvalue weighted by Crippen LogP contribution is 2.31. The lowest BCUT2D eigenvalue weighted by atomic mass is 9.90. The summed E-state index contributed by atoms with van der Waals surface area (Å²) in [6.45, 7) is 7.15. The number of nitrogens with two attached hydrogens (primary N) is 1. The number of nitrogens with zero attached hydrogens (tertiary/aromatic N) is 1. The molecule has 0 aromatic rings. The summed E-state index contributed by atoms with van der Waals surface area (Å²) < 4.78 is 0. The third-order valence-electron chi connectivity index (χ3n) is 4.39. The Morgan fingerprint density at radius 2 is 1.93 bits per heavy atom. The van der Waals surface area contributed by atoms with Gasteiger partial charge in [-0.15, -0.1) is 0 Å². The van der Waals surface area contributed by atoms with E-state index in [9.17, 15) is 0 Å². The molecule has 1 aliphatic carbocycles. The quantitative estimate of drug-likeness (QED) is 0.758. The molecule has 0 aromatic carbocycles. The van der Waals surface area contributed by atoms with E-state index in [-0.39, 0.29) is 5.54 Å². The van der Waals surface area contributed by atoms with Gasteiger partial charge in [-0.3, -0.25) is 4.90 Å². The van der Waals surface area contributed by atoms with E-state index in [1.165, 1.54) is 45.1 Å². The lowest BCUT2D eigenvalue weighted by Gasteiger charge is -2.41. The zero-order chi connectivity index (χ0) is 10.9. The Labute approximate surface area is 94.2 Å². The summed E-state index contributed by atoms with van der Waals surface area (Å²) in [5, 5.41) is 0. The molecular formula is C13H26N2. The summed E-state index contributed by atoms with van der Waals surface area (Å²) in [6.07, 6.45) is 7.89. The molecular weight excluding hydrogens is 184 g/mol. The third-order valence-corrected chi connectivity index (χ3v) is 4.39. The van der Waals surface area contributed by atoms with Gasteiger partial charge in [0, 0.05) is 18.1 Å². The minimum Gasteiger partial charge on any atom is -0.324 e. The molecule has 2 heteroatoms. The molecule has 1 saturated heterocycles. The number of piperidine rings is 1. The van der Waals surface area contributed by atoms with Crippen LogP contribution >= 0.6 is 0 Å². The monoisotopic (exact) mass is 210 g/mol. The molecule has 2 rings (SSSR count). The number of rotatable bonds is 2. The van der Waals surface area contributed by atoms with E-state index in [1.807, 2.05) is 0 Å². The Morgan fingerprint density at radius 1 is 1.27 bits per heavy atom. The Kier molecular flexibility index (Phi) is 3.36. The molecule has 0 bridgehead atoms. The Morgan fingerprint density at radius 3 is 2.53 bits per heavy atom. The van der Waals surface area contributed by atoms with E-state index in [0.29, 0.717) is 0 Å². The minimum absolute atomic E-state index is 0.148. The molecule has 1 aliphatic heterocycles. The van der Waals surface area contributed by atoms with Gasteiger partial charge in [-0.2, -0.15) is 0 Å². The van der Waals surface area contributed by atoms with Crippen molar-refractivity contribution in [2.24, 2.45) is 11.7 Å². The van der Waals surface area contributed by atoms with Gasteiger partial charge in [0.25, 0.3) is 0 Å². The number of hydrogen-bond donors (Lipinski definition) is 1. The lowest BCUT2D eigenvalue weighted by molar-refractivity contribution is 0.101. The van der Waals surface area contributed by atoms with Gasteiger partial charge in [-0.05, 0) is 45.1 Å². The van der Waals surface area contributed by atoms with Crippen LogP contribution < -0.4 is 5.73 Å². The largest absolute Gasteiger partial charge is 0.324 e. The van der Waals surface area contributed by atoms with Gasteiger partial charge in [0.05, 0.1) is 0 Å². The van der Waals surface area contributed by atoms with Gasteiger partial charge < -0.3 is 5.73 Å². The molecule has 0 spiro atoms. The second-order valence-electron chi connectivity index (χ2n) is 6.02. The van der Waals surface area contributed by atoms with Crippen LogP contribution in [-0.2, 0) is 0 Å². The van der Waals surface area contributed by atoms with Crippen molar-refractivity contribution in [2.45, 2.75) is 64.0 Å². The maximum Gasteiger partial charge on any atom is 0.0283 e. The van der Waals surface area contributed by atoms with Crippen molar-refractivity contribution in [1.82, 2.24) is 4.90 Å². The maximum atomic E-state index is 6.45. The third kappa shape index (κ3) is 2.73. The first-order valence-corrected chi connectivity index (χ1v) is 6.62. The van der Waals surface area contributed by atoms with Crippen molar-refractivity contribution < 1.29 is 0 Å². The normalized spacial score (nSPS) is 37.0. The molecule has 2 nitrogen and oxygen atoms in total. The van der Waals surface area contributed by atoms with Crippen LogP contribution in [0.4, 0.5) is 0 Å². The van der Waals surface area contributed by atoms with Crippen LogP contribution in [0.2, 0.25) is 0 Å². The van der Waals surface area contributed by atoms with Gasteiger partial charge in [-0.1, -0.05) is 19.8 Å². The first-order chi connectivity index (χ1) is 7.09. The van der Waals surface area contributed by atoms with Gasteiger partial charge in [0.1, 0.15) is 0 Å². The van der Waals surface area contributed by atoms with E-state index in [1.54, 1.807) is 0 Å². The lowest BCUT2D eigenvalue weighted by Crippen LogP contribution is -2.52. The molecule has 1 heterocycles. The highest BCUT2D eigenvalue weighted by molar-refractivity contribution is 4.94. The van der Waals surface area contributed by atoms with Crippen molar-refractivity contribution >= 4 is 0 Å². The van der Waals surface area contributed by atoms with Crippen LogP contribution in [0.25, 0.3) is 0 Å². The van der Waals surface area contributed by atoms with E-state index >= 15 is 0 Å². The van der Waals surface area contributed by atoms with Crippen LogP contribution in [0.5, 0.6) is 0 Å². The summed E-state index contributed by atoms with van der Waals surface area (Å²) in [5.74, 6) is 0.911. The summed E-state index contributed by atoms with van der Waals surface area (Å²) in [4.78, 5) is 2.63. The second kappa shape index (κ2) is 4.42. The molecule has 15 heavy (non-hydrogen) atoms. The summed E-state index contributed by atoms with van der Waals surface area (Å²) in [7, 11) is 0. The molecule has 0 amide bonds. The Balaban J connectivity index is 1.88. The van der Waals surface area contributed by atoms with Crippen LogP contribution in [0.3, 0.4) is 0 Å². The van der Waals surface area contributed by atoms with Crippen LogP contribution in [0.15, 0.2) is 0 Å². The zero-order valence-electron chi connectivity index (χ0n) is 10.3. The highest BCUT2D eigenvalue weighted by Gasteiger charge is 2.34. The maximum absolute atomic E-state index is 6.45. The predicted molar refractivity (Wildman–Crippen MR) is 64.8 cm³/mol. The number of likely N-dealkylation sites (tertiary alicyclic amines) is 1. The molecule has 2 atom stereocenters. The molecule has 1 saturated carbocycles. The van der Waals surface area contributed by atoms with Gasteiger partial charge in [-0.25, -0.2) is 0 Å². The van der Waals surface area contributed by atoms with Crippen LogP contribution in [-0.4, -0.2) is 29.6 Å². The fraction of sp³-hybridized carbons (Fsp3) is 1.00. The smallest absolute Gasteiger partial charge is 0.0283 e. The topological polar surface area (TPSA) is 29.3 Å². The molecule has 2 unspecified atom stereocenters. The standard InChI is InChI=1S/C13H26N2/c1-11-5-8-15(12(2)9-11)10-13(14)6-3-4-7-13/h11-12H,3-10,14H2,1-2H3. The Bertz CT molecular complexity index is 209. The summed E-state index contributed by atoms with van der Waals surface area (Å²) in [6, 6.07) is 0.745. The fourth-order valence-electron chi connectivity index (χ4n) is 3.33. The van der Waals surface area contributed by atoms with Gasteiger partial charge in [0.2, 0.25) is 0 Å². The average Bonchev–Trinajstić information content (AvgIpc) is 2.58. The zero-order valence-corrected chi connectivity index (χ0v) is 10.3. The summed E-state index contributed by atoms with van der Waals surface area (Å²) in [5.41, 5.74) is 6.59. The van der Waals surface area contributed by atoms with Gasteiger partial charge in [0.15, 0.2) is 0 Å². The fourth-order valence-corrected chi connectivity index (χ4v) is 3.33. The van der Waals surface area contributed by atoms with Crippen molar-refractivity contribution in [3.8, 4) is 0 Å². The first kappa shape index (κ1) is 11.4. The van der Waals surface area contributed by atoms with Gasteiger partial charge >= 0.3 is 0 Å². The Hall–Kier alpha value is -0.0800. The van der Waals surface area contributed by atoms with Crippen LogP contribution in [0.1, 0.15) is 52.4 Å². The second-order valence-corrected chi connectivity index (χ2v) is 6.02. The van der Waals surface area contributed by atoms with E-state index in [2.05, 4.69) is 18.7 Å². The van der Waals surface area contributed by atoms with E-state index in [4.69, 9.17) is 5.73 Å². The summed E-state index contributed by atoms with van der Waals surface area (Å²) >= 11 is 0. The van der Waals surface area contributed by atoms with Crippen LogP contribution in [0, 0.1) is 5.92 Å². The van der Waals surface area contributed by atoms with E-state index < -0.39 is 0 Å². The molecule has 2 fully saturated rings. The SMILES string of the molecule is CC1CCN(CC2(N)CCCC2)C(C)C1. The predicted octanol–water partition coefficient (Wildman–Crippen LogP) is 2.38.